The molecule has 0 saturated carbocycles. The Morgan fingerprint density at radius 2 is 1.89 bits per heavy atom. The molecule has 106 valence electrons. The predicted molar refractivity (Wildman–Crippen MR) is 74.5 cm³/mol. The van der Waals surface area contributed by atoms with Gasteiger partial charge in [-0.3, -0.25) is 10.0 Å². The van der Waals surface area contributed by atoms with Gasteiger partial charge in [-0.2, -0.15) is 0 Å². The minimum atomic E-state index is -0.756. The van der Waals surface area contributed by atoms with Crippen molar-refractivity contribution in [2.45, 2.75) is 33.8 Å². The standard InChI is InChI=1S/C14H20ClNO3/c1-10(13(17)16(18)9-14(2,3)4)19-12-7-5-11(15)6-8-12/h5-8,10,18H,9H2,1-4H3/t10-/m0/s1. The van der Waals surface area contributed by atoms with Gasteiger partial charge in [-0.25, -0.2) is 5.06 Å². The molecule has 0 unspecified atom stereocenters. The van der Waals surface area contributed by atoms with Crippen molar-refractivity contribution in [3.05, 3.63) is 29.3 Å². The van der Waals surface area contributed by atoms with E-state index in [0.29, 0.717) is 15.8 Å². The van der Waals surface area contributed by atoms with Crippen molar-refractivity contribution in [1.82, 2.24) is 5.06 Å². The van der Waals surface area contributed by atoms with Crippen LogP contribution in [0, 0.1) is 5.41 Å². The molecule has 19 heavy (non-hydrogen) atoms. The molecule has 5 heteroatoms. The molecule has 0 aliphatic carbocycles. The third-order valence-electron chi connectivity index (χ3n) is 2.35. The van der Waals surface area contributed by atoms with Crippen molar-refractivity contribution in [3.8, 4) is 5.75 Å². The van der Waals surface area contributed by atoms with Crippen molar-refractivity contribution in [1.29, 1.82) is 0 Å². The van der Waals surface area contributed by atoms with Crippen molar-refractivity contribution in [3.63, 3.8) is 0 Å². The van der Waals surface area contributed by atoms with Crippen molar-refractivity contribution >= 4 is 17.5 Å². The van der Waals surface area contributed by atoms with Crippen LogP contribution in [0.2, 0.25) is 5.02 Å². The summed E-state index contributed by atoms with van der Waals surface area (Å²) in [7, 11) is 0. The number of halogens is 1. The van der Waals surface area contributed by atoms with Crippen LogP contribution in [0.1, 0.15) is 27.7 Å². The van der Waals surface area contributed by atoms with Gasteiger partial charge in [-0.15, -0.1) is 0 Å². The Kier molecular flexibility index (Phi) is 5.20. The van der Waals surface area contributed by atoms with Gasteiger partial charge in [0.05, 0.1) is 6.54 Å². The summed E-state index contributed by atoms with van der Waals surface area (Å²) in [6.45, 7) is 7.67. The lowest BCUT2D eigenvalue weighted by Gasteiger charge is -2.26. The highest BCUT2D eigenvalue weighted by molar-refractivity contribution is 6.30. The molecule has 0 aliphatic rings. The highest BCUT2D eigenvalue weighted by atomic mass is 35.5. The van der Waals surface area contributed by atoms with Crippen LogP contribution in [0.25, 0.3) is 0 Å². The number of carbonyl (C=O) groups excluding carboxylic acids is 1. The van der Waals surface area contributed by atoms with Gasteiger partial charge in [-0.05, 0) is 36.6 Å². The lowest BCUT2D eigenvalue weighted by molar-refractivity contribution is -0.177. The molecule has 0 aromatic heterocycles. The number of hydrogen-bond donors (Lipinski definition) is 1. The second-order valence-electron chi connectivity index (χ2n) is 5.67. The molecule has 0 heterocycles. The van der Waals surface area contributed by atoms with E-state index in [1.165, 1.54) is 0 Å². The summed E-state index contributed by atoms with van der Waals surface area (Å²) in [6.07, 6.45) is -0.756. The summed E-state index contributed by atoms with van der Waals surface area (Å²) < 4.78 is 5.46. The monoisotopic (exact) mass is 285 g/mol. The first-order chi connectivity index (χ1) is 8.69. The number of benzene rings is 1. The Morgan fingerprint density at radius 3 is 2.37 bits per heavy atom. The molecule has 1 rings (SSSR count). The Morgan fingerprint density at radius 1 is 1.37 bits per heavy atom. The minimum Gasteiger partial charge on any atom is -0.481 e. The van der Waals surface area contributed by atoms with Crippen molar-refractivity contribution in [2.24, 2.45) is 5.41 Å². The predicted octanol–water partition coefficient (Wildman–Crippen LogP) is 3.37. The first kappa shape index (κ1) is 15.8. The highest BCUT2D eigenvalue weighted by Gasteiger charge is 2.25. The first-order valence-corrected chi connectivity index (χ1v) is 6.49. The molecule has 0 fully saturated rings. The maximum Gasteiger partial charge on any atom is 0.286 e. The van der Waals surface area contributed by atoms with E-state index >= 15 is 0 Å². The van der Waals surface area contributed by atoms with Crippen LogP contribution in [0.3, 0.4) is 0 Å². The average molecular weight is 286 g/mol. The topological polar surface area (TPSA) is 49.8 Å². The van der Waals surface area contributed by atoms with E-state index in [9.17, 15) is 10.0 Å². The van der Waals surface area contributed by atoms with Crippen LogP contribution in [-0.4, -0.2) is 28.8 Å². The number of hydrogen-bond acceptors (Lipinski definition) is 3. The van der Waals surface area contributed by atoms with Crippen molar-refractivity contribution in [2.75, 3.05) is 6.54 Å². The fourth-order valence-corrected chi connectivity index (χ4v) is 1.63. The lowest BCUT2D eigenvalue weighted by Crippen LogP contribution is -2.42. The number of ether oxygens (including phenoxy) is 1. The molecule has 0 aliphatic heterocycles. The zero-order valence-electron chi connectivity index (χ0n) is 11.7. The number of amides is 1. The number of nitrogens with zero attached hydrogens (tertiary/aromatic N) is 1. The second-order valence-corrected chi connectivity index (χ2v) is 6.11. The maximum absolute atomic E-state index is 11.9. The summed E-state index contributed by atoms with van der Waals surface area (Å²) in [4.78, 5) is 11.9. The quantitative estimate of drug-likeness (QED) is 0.681. The van der Waals surface area contributed by atoms with Crippen LogP contribution >= 0.6 is 11.6 Å². The summed E-state index contributed by atoms with van der Waals surface area (Å²) >= 11 is 5.76. The summed E-state index contributed by atoms with van der Waals surface area (Å²) in [5, 5.41) is 11.0. The molecule has 1 N–H and O–H groups in total. The Balaban J connectivity index is 2.59. The van der Waals surface area contributed by atoms with E-state index in [0.717, 1.165) is 0 Å². The largest absolute Gasteiger partial charge is 0.481 e. The Labute approximate surface area is 118 Å². The highest BCUT2D eigenvalue weighted by Crippen LogP contribution is 2.18. The first-order valence-electron chi connectivity index (χ1n) is 6.11. The molecular formula is C14H20ClNO3. The molecule has 1 amide bonds. The van der Waals surface area contributed by atoms with Gasteiger partial charge in [0, 0.05) is 5.02 Å². The molecule has 1 atom stereocenters. The molecule has 0 spiro atoms. The number of hydroxylamine groups is 2. The fraction of sp³-hybridized carbons (Fsp3) is 0.500. The van der Waals surface area contributed by atoms with Gasteiger partial charge in [0.15, 0.2) is 6.10 Å². The maximum atomic E-state index is 11.9. The zero-order chi connectivity index (χ0) is 14.6. The number of rotatable bonds is 4. The van der Waals surface area contributed by atoms with Crippen LogP contribution in [0.4, 0.5) is 0 Å². The average Bonchev–Trinajstić information content (AvgIpc) is 2.28. The van der Waals surface area contributed by atoms with E-state index in [2.05, 4.69) is 0 Å². The van der Waals surface area contributed by atoms with E-state index in [-0.39, 0.29) is 12.0 Å². The summed E-state index contributed by atoms with van der Waals surface area (Å²) in [5.74, 6) is 0.0688. The fourth-order valence-electron chi connectivity index (χ4n) is 1.50. The summed E-state index contributed by atoms with van der Waals surface area (Å²) in [5.41, 5.74) is -0.176. The smallest absolute Gasteiger partial charge is 0.286 e. The van der Waals surface area contributed by atoms with Gasteiger partial charge >= 0.3 is 0 Å². The molecular weight excluding hydrogens is 266 g/mol. The third kappa shape index (κ3) is 5.49. The summed E-state index contributed by atoms with van der Waals surface area (Å²) in [6, 6.07) is 6.72. The van der Waals surface area contributed by atoms with E-state index in [1.807, 2.05) is 20.8 Å². The van der Waals surface area contributed by atoms with Gasteiger partial charge in [0.2, 0.25) is 0 Å². The SMILES string of the molecule is C[C@H](Oc1ccc(Cl)cc1)C(=O)N(O)CC(C)(C)C. The van der Waals surface area contributed by atoms with Gasteiger partial charge < -0.3 is 4.74 Å². The lowest BCUT2D eigenvalue weighted by atomic mass is 9.97. The van der Waals surface area contributed by atoms with E-state index in [4.69, 9.17) is 16.3 Å². The molecule has 4 nitrogen and oxygen atoms in total. The normalized spacial score (nSPS) is 12.9. The molecule has 1 aromatic rings. The van der Waals surface area contributed by atoms with Gasteiger partial charge in [-0.1, -0.05) is 32.4 Å². The third-order valence-corrected chi connectivity index (χ3v) is 2.60. The molecule has 0 bridgehead atoms. The van der Waals surface area contributed by atoms with Crippen LogP contribution in [0.5, 0.6) is 5.75 Å². The Hall–Kier alpha value is -1.26. The van der Waals surface area contributed by atoms with Crippen LogP contribution < -0.4 is 4.74 Å². The van der Waals surface area contributed by atoms with Crippen molar-refractivity contribution < 1.29 is 14.7 Å². The molecule has 1 aromatic carbocycles. The minimum absolute atomic E-state index is 0.176. The second kappa shape index (κ2) is 6.26. The van der Waals surface area contributed by atoms with E-state index in [1.54, 1.807) is 31.2 Å². The zero-order valence-corrected chi connectivity index (χ0v) is 12.4. The number of carbonyl (C=O) groups is 1. The molecule has 0 radical (unpaired) electrons. The Bertz CT molecular complexity index is 425. The van der Waals surface area contributed by atoms with E-state index < -0.39 is 12.0 Å². The van der Waals surface area contributed by atoms with Crippen LogP contribution in [0.15, 0.2) is 24.3 Å². The van der Waals surface area contributed by atoms with Gasteiger partial charge in [0.25, 0.3) is 5.91 Å². The molecule has 0 saturated heterocycles. The van der Waals surface area contributed by atoms with Crippen LogP contribution in [-0.2, 0) is 4.79 Å². The van der Waals surface area contributed by atoms with Gasteiger partial charge in [0.1, 0.15) is 5.75 Å².